The first-order valence-electron chi connectivity index (χ1n) is 9.62. The van der Waals surface area contributed by atoms with Crippen molar-refractivity contribution in [3.63, 3.8) is 0 Å². The number of ether oxygens (including phenoxy) is 2. The highest BCUT2D eigenvalue weighted by Gasteiger charge is 2.08. The number of hydrogen-bond acceptors (Lipinski definition) is 4. The van der Waals surface area contributed by atoms with Gasteiger partial charge >= 0.3 is 0 Å². The van der Waals surface area contributed by atoms with Crippen LogP contribution >= 0.6 is 24.0 Å². The normalized spacial score (nSPS) is 10.6. The maximum Gasteiger partial charge on any atom is 0.251 e. The van der Waals surface area contributed by atoms with Gasteiger partial charge in [-0.05, 0) is 48.9 Å². The highest BCUT2D eigenvalue weighted by atomic mass is 127. The van der Waals surface area contributed by atoms with E-state index in [2.05, 4.69) is 20.5 Å². The van der Waals surface area contributed by atoms with E-state index in [-0.39, 0.29) is 29.9 Å². The van der Waals surface area contributed by atoms with Gasteiger partial charge in [0, 0.05) is 32.2 Å². The molecule has 1 amide bonds. The van der Waals surface area contributed by atoms with Crippen LogP contribution in [0.2, 0.25) is 0 Å². The molecule has 0 spiro atoms. The lowest BCUT2D eigenvalue weighted by molar-refractivity contribution is 0.0954. The molecule has 2 aromatic rings. The third kappa shape index (κ3) is 8.10. The average molecular weight is 526 g/mol. The standard InChI is InChI=1S/C22H30N4O3.HI/c1-5-23-22(26(2)16-17-6-10-19(28-3)11-7-17)25-15-14-24-21(27)18-8-12-20(29-4)13-9-18;/h6-13H,5,14-16H2,1-4H3,(H,23,25)(H,24,27);1H. The van der Waals surface area contributed by atoms with E-state index in [1.165, 1.54) is 0 Å². The summed E-state index contributed by atoms with van der Waals surface area (Å²) in [6.07, 6.45) is 0. The van der Waals surface area contributed by atoms with Gasteiger partial charge in [-0.15, -0.1) is 24.0 Å². The number of halogens is 1. The number of amides is 1. The largest absolute Gasteiger partial charge is 0.497 e. The van der Waals surface area contributed by atoms with E-state index in [0.29, 0.717) is 25.2 Å². The number of guanidine groups is 1. The number of benzene rings is 2. The SMILES string of the molecule is CCNC(=NCCNC(=O)c1ccc(OC)cc1)N(C)Cc1ccc(OC)cc1.I. The molecule has 7 nitrogen and oxygen atoms in total. The summed E-state index contributed by atoms with van der Waals surface area (Å²) in [5.41, 5.74) is 1.75. The molecule has 0 aromatic heterocycles. The van der Waals surface area contributed by atoms with Gasteiger partial charge in [-0.1, -0.05) is 12.1 Å². The van der Waals surface area contributed by atoms with Crippen molar-refractivity contribution >= 4 is 35.8 Å². The second kappa shape index (κ2) is 13.7. The number of carbonyl (C=O) groups excluding carboxylic acids is 1. The molecule has 8 heteroatoms. The summed E-state index contributed by atoms with van der Waals surface area (Å²) < 4.78 is 10.3. The molecule has 0 saturated heterocycles. The number of aliphatic imine (C=N–C) groups is 1. The summed E-state index contributed by atoms with van der Waals surface area (Å²) in [5.74, 6) is 2.23. The minimum absolute atomic E-state index is 0. The van der Waals surface area contributed by atoms with Gasteiger partial charge < -0.3 is 25.0 Å². The Morgan fingerprint density at radius 2 is 1.53 bits per heavy atom. The third-order valence-electron chi connectivity index (χ3n) is 4.29. The van der Waals surface area contributed by atoms with E-state index in [0.717, 1.165) is 29.6 Å². The van der Waals surface area contributed by atoms with E-state index >= 15 is 0 Å². The van der Waals surface area contributed by atoms with Crippen LogP contribution in [0.4, 0.5) is 0 Å². The maximum absolute atomic E-state index is 12.2. The summed E-state index contributed by atoms with van der Waals surface area (Å²) in [7, 11) is 5.24. The molecule has 2 aromatic carbocycles. The first-order chi connectivity index (χ1) is 14.1. The van der Waals surface area contributed by atoms with E-state index in [4.69, 9.17) is 9.47 Å². The van der Waals surface area contributed by atoms with Crippen molar-refractivity contribution in [3.05, 3.63) is 59.7 Å². The van der Waals surface area contributed by atoms with Crippen molar-refractivity contribution in [1.29, 1.82) is 0 Å². The fourth-order valence-corrected chi connectivity index (χ4v) is 2.73. The highest BCUT2D eigenvalue weighted by Crippen LogP contribution is 2.13. The minimum atomic E-state index is -0.126. The Hall–Kier alpha value is -2.49. The smallest absolute Gasteiger partial charge is 0.251 e. The Bertz CT molecular complexity index is 795. The van der Waals surface area contributed by atoms with Crippen LogP contribution in [0.5, 0.6) is 11.5 Å². The molecule has 0 radical (unpaired) electrons. The van der Waals surface area contributed by atoms with Crippen molar-refractivity contribution in [2.24, 2.45) is 4.99 Å². The Morgan fingerprint density at radius 1 is 0.967 bits per heavy atom. The first kappa shape index (κ1) is 25.5. The molecule has 30 heavy (non-hydrogen) atoms. The van der Waals surface area contributed by atoms with Crippen LogP contribution in [0.3, 0.4) is 0 Å². The van der Waals surface area contributed by atoms with Gasteiger partial charge in [0.1, 0.15) is 11.5 Å². The Labute approximate surface area is 195 Å². The predicted molar refractivity (Wildman–Crippen MR) is 131 cm³/mol. The number of carbonyl (C=O) groups is 1. The number of nitrogens with one attached hydrogen (secondary N) is 2. The van der Waals surface area contributed by atoms with Gasteiger partial charge in [-0.2, -0.15) is 0 Å². The molecule has 0 atom stereocenters. The maximum atomic E-state index is 12.2. The summed E-state index contributed by atoms with van der Waals surface area (Å²) in [5, 5.41) is 6.17. The molecule has 0 aliphatic rings. The predicted octanol–water partition coefficient (Wildman–Crippen LogP) is 3.15. The van der Waals surface area contributed by atoms with E-state index < -0.39 is 0 Å². The van der Waals surface area contributed by atoms with Crippen molar-refractivity contribution < 1.29 is 14.3 Å². The fourth-order valence-electron chi connectivity index (χ4n) is 2.73. The van der Waals surface area contributed by atoms with Crippen LogP contribution in [0, 0.1) is 0 Å². The number of hydrogen-bond donors (Lipinski definition) is 2. The van der Waals surface area contributed by atoms with Crippen molar-refractivity contribution in [2.45, 2.75) is 13.5 Å². The molecular formula is C22H31IN4O3. The summed E-state index contributed by atoms with van der Waals surface area (Å²) in [4.78, 5) is 18.9. The van der Waals surface area contributed by atoms with Crippen LogP contribution in [0.1, 0.15) is 22.8 Å². The molecule has 0 aliphatic carbocycles. The molecule has 2 rings (SSSR count). The molecular weight excluding hydrogens is 495 g/mol. The Kier molecular flexibility index (Phi) is 11.7. The van der Waals surface area contributed by atoms with Gasteiger partial charge in [0.15, 0.2) is 5.96 Å². The molecule has 0 saturated carbocycles. The van der Waals surface area contributed by atoms with E-state index in [9.17, 15) is 4.79 Å². The summed E-state index contributed by atoms with van der Waals surface area (Å²) in [6.45, 7) is 4.45. The van der Waals surface area contributed by atoms with Crippen molar-refractivity contribution in [1.82, 2.24) is 15.5 Å². The number of nitrogens with zero attached hydrogens (tertiary/aromatic N) is 2. The Morgan fingerprint density at radius 3 is 2.07 bits per heavy atom. The van der Waals surface area contributed by atoms with Crippen LogP contribution in [-0.2, 0) is 6.54 Å². The van der Waals surface area contributed by atoms with Crippen LogP contribution in [0.15, 0.2) is 53.5 Å². The number of methoxy groups -OCH3 is 2. The lowest BCUT2D eigenvalue weighted by Gasteiger charge is -2.22. The number of rotatable bonds is 9. The van der Waals surface area contributed by atoms with Crippen molar-refractivity contribution in [3.8, 4) is 11.5 Å². The van der Waals surface area contributed by atoms with E-state index in [1.807, 2.05) is 38.2 Å². The van der Waals surface area contributed by atoms with Gasteiger partial charge in [-0.25, -0.2) is 0 Å². The first-order valence-corrected chi connectivity index (χ1v) is 9.62. The summed E-state index contributed by atoms with van der Waals surface area (Å²) in [6, 6.07) is 15.0. The fraction of sp³-hybridized carbons (Fsp3) is 0.364. The monoisotopic (exact) mass is 526 g/mol. The van der Waals surface area contributed by atoms with Crippen LogP contribution in [-0.4, -0.2) is 57.7 Å². The molecule has 0 unspecified atom stereocenters. The average Bonchev–Trinajstić information content (AvgIpc) is 2.76. The van der Waals surface area contributed by atoms with Gasteiger partial charge in [-0.3, -0.25) is 9.79 Å². The van der Waals surface area contributed by atoms with Crippen LogP contribution in [0.25, 0.3) is 0 Å². The zero-order valence-corrected chi connectivity index (χ0v) is 20.3. The molecule has 164 valence electrons. The molecule has 2 N–H and O–H groups in total. The topological polar surface area (TPSA) is 75.2 Å². The van der Waals surface area contributed by atoms with Crippen molar-refractivity contribution in [2.75, 3.05) is 40.9 Å². The van der Waals surface area contributed by atoms with E-state index in [1.54, 1.807) is 38.5 Å². The third-order valence-corrected chi connectivity index (χ3v) is 4.29. The quantitative estimate of drug-likeness (QED) is 0.227. The lowest BCUT2D eigenvalue weighted by atomic mass is 10.2. The summed E-state index contributed by atoms with van der Waals surface area (Å²) >= 11 is 0. The Balaban J connectivity index is 0.00000450. The lowest BCUT2D eigenvalue weighted by Crippen LogP contribution is -2.39. The molecule has 0 bridgehead atoms. The van der Waals surface area contributed by atoms with Gasteiger partial charge in [0.2, 0.25) is 0 Å². The minimum Gasteiger partial charge on any atom is -0.497 e. The second-order valence-electron chi connectivity index (χ2n) is 6.42. The molecule has 0 aliphatic heterocycles. The molecule has 0 fully saturated rings. The van der Waals surface area contributed by atoms with Gasteiger partial charge in [0.05, 0.1) is 20.8 Å². The van der Waals surface area contributed by atoms with Crippen LogP contribution < -0.4 is 20.1 Å². The highest BCUT2D eigenvalue weighted by molar-refractivity contribution is 14.0. The molecule has 0 heterocycles. The second-order valence-corrected chi connectivity index (χ2v) is 6.42. The zero-order valence-electron chi connectivity index (χ0n) is 18.0. The van der Waals surface area contributed by atoms with Gasteiger partial charge in [0.25, 0.3) is 5.91 Å². The zero-order chi connectivity index (χ0) is 21.1.